The molecule has 0 saturated carbocycles. The number of amides is 1. The smallest absolute Gasteiger partial charge is 0.263 e. The van der Waals surface area contributed by atoms with Crippen molar-refractivity contribution in [1.29, 1.82) is 0 Å². The first-order chi connectivity index (χ1) is 15.8. The molecule has 0 aliphatic carbocycles. The van der Waals surface area contributed by atoms with Crippen molar-refractivity contribution in [3.05, 3.63) is 71.5 Å². The summed E-state index contributed by atoms with van der Waals surface area (Å²) in [6.07, 6.45) is 0. The minimum atomic E-state index is -1.09. The standard InChI is InChI=1S/C23H21ClFN5O3/c1-23(2,33-18-8-6-16(24)7-9-18)22(31)26-12-13-32-20-11-10-19-27-28-21(30(19)29-20)15-4-3-5-17(25)14-15/h3-11,14H,12-13H2,1-2H3,(H,26,31). The molecule has 2 aromatic heterocycles. The molecule has 0 fully saturated rings. The zero-order valence-corrected chi connectivity index (χ0v) is 18.7. The molecule has 8 nitrogen and oxygen atoms in total. The minimum Gasteiger partial charge on any atom is -0.478 e. The predicted octanol–water partition coefficient (Wildman–Crippen LogP) is 3.94. The number of nitrogens with zero attached hydrogens (tertiary/aromatic N) is 4. The molecule has 1 amide bonds. The normalized spacial score (nSPS) is 11.4. The van der Waals surface area contributed by atoms with Crippen molar-refractivity contribution in [2.75, 3.05) is 13.2 Å². The Balaban J connectivity index is 1.34. The summed E-state index contributed by atoms with van der Waals surface area (Å²) in [6.45, 7) is 3.77. The highest BCUT2D eigenvalue weighted by molar-refractivity contribution is 6.30. The van der Waals surface area contributed by atoms with Gasteiger partial charge in [-0.2, -0.15) is 4.52 Å². The number of nitrogens with one attached hydrogen (secondary N) is 1. The van der Waals surface area contributed by atoms with Gasteiger partial charge >= 0.3 is 0 Å². The summed E-state index contributed by atoms with van der Waals surface area (Å²) in [4.78, 5) is 12.5. The molecule has 4 aromatic rings. The first kappa shape index (κ1) is 22.5. The molecule has 0 spiro atoms. The van der Waals surface area contributed by atoms with Gasteiger partial charge in [0.05, 0.1) is 6.54 Å². The average Bonchev–Trinajstić information content (AvgIpc) is 3.21. The molecule has 2 heterocycles. The van der Waals surface area contributed by atoms with E-state index in [9.17, 15) is 9.18 Å². The molecule has 2 aromatic carbocycles. The van der Waals surface area contributed by atoms with E-state index in [4.69, 9.17) is 21.1 Å². The number of hydrogen-bond donors (Lipinski definition) is 1. The maximum Gasteiger partial charge on any atom is 0.263 e. The van der Waals surface area contributed by atoms with E-state index in [1.807, 2.05) is 0 Å². The van der Waals surface area contributed by atoms with Gasteiger partial charge in [0.1, 0.15) is 18.2 Å². The number of halogens is 2. The summed E-state index contributed by atoms with van der Waals surface area (Å²) >= 11 is 5.87. The number of aromatic nitrogens is 4. The Morgan fingerprint density at radius 1 is 1.12 bits per heavy atom. The Bertz CT molecular complexity index is 1280. The molecule has 0 aliphatic rings. The lowest BCUT2D eigenvalue weighted by molar-refractivity contribution is -0.134. The molecule has 170 valence electrons. The quantitative estimate of drug-likeness (QED) is 0.393. The van der Waals surface area contributed by atoms with Gasteiger partial charge < -0.3 is 14.8 Å². The van der Waals surface area contributed by atoms with Crippen LogP contribution in [0.5, 0.6) is 11.6 Å². The first-order valence-electron chi connectivity index (χ1n) is 10.2. The molecular weight excluding hydrogens is 449 g/mol. The van der Waals surface area contributed by atoms with Gasteiger partial charge in [0.2, 0.25) is 5.88 Å². The van der Waals surface area contributed by atoms with Crippen molar-refractivity contribution in [1.82, 2.24) is 25.1 Å². The van der Waals surface area contributed by atoms with Gasteiger partial charge in [0.15, 0.2) is 17.1 Å². The van der Waals surface area contributed by atoms with Crippen LogP contribution in [0.2, 0.25) is 5.02 Å². The highest BCUT2D eigenvalue weighted by Crippen LogP contribution is 2.21. The van der Waals surface area contributed by atoms with Gasteiger partial charge in [0.25, 0.3) is 5.91 Å². The molecular formula is C23H21ClFN5O3. The lowest BCUT2D eigenvalue weighted by Crippen LogP contribution is -2.47. The number of carbonyl (C=O) groups is 1. The Kier molecular flexibility index (Phi) is 6.41. The Morgan fingerprint density at radius 2 is 1.91 bits per heavy atom. The largest absolute Gasteiger partial charge is 0.478 e. The summed E-state index contributed by atoms with van der Waals surface area (Å²) in [6, 6.07) is 16.1. The zero-order chi connectivity index (χ0) is 23.4. The third-order valence-electron chi connectivity index (χ3n) is 4.69. The van der Waals surface area contributed by atoms with Crippen LogP contribution in [-0.2, 0) is 4.79 Å². The van der Waals surface area contributed by atoms with E-state index >= 15 is 0 Å². The molecule has 0 unspecified atom stereocenters. The Morgan fingerprint density at radius 3 is 2.67 bits per heavy atom. The fourth-order valence-corrected chi connectivity index (χ4v) is 3.16. The van der Waals surface area contributed by atoms with E-state index in [2.05, 4.69) is 20.6 Å². The van der Waals surface area contributed by atoms with Crippen molar-refractivity contribution < 1.29 is 18.7 Å². The monoisotopic (exact) mass is 469 g/mol. The topological polar surface area (TPSA) is 90.6 Å². The van der Waals surface area contributed by atoms with Crippen LogP contribution in [0.4, 0.5) is 4.39 Å². The molecule has 10 heteroatoms. The molecule has 0 saturated heterocycles. The van der Waals surface area contributed by atoms with Gasteiger partial charge in [-0.05, 0) is 56.3 Å². The third-order valence-corrected chi connectivity index (χ3v) is 4.94. The number of rotatable bonds is 8. The van der Waals surface area contributed by atoms with E-state index < -0.39 is 5.60 Å². The van der Waals surface area contributed by atoms with Crippen molar-refractivity contribution in [3.63, 3.8) is 0 Å². The molecule has 0 atom stereocenters. The summed E-state index contributed by atoms with van der Waals surface area (Å²) in [5.74, 6) is 0.568. The van der Waals surface area contributed by atoms with Crippen molar-refractivity contribution in [2.45, 2.75) is 19.4 Å². The van der Waals surface area contributed by atoms with Crippen molar-refractivity contribution in [2.24, 2.45) is 0 Å². The van der Waals surface area contributed by atoms with Gasteiger partial charge in [0, 0.05) is 16.7 Å². The fourth-order valence-electron chi connectivity index (χ4n) is 3.03. The molecule has 1 N–H and O–H groups in total. The predicted molar refractivity (Wildman–Crippen MR) is 121 cm³/mol. The van der Waals surface area contributed by atoms with E-state index in [1.54, 1.807) is 62.4 Å². The highest BCUT2D eigenvalue weighted by atomic mass is 35.5. The van der Waals surface area contributed by atoms with E-state index in [-0.39, 0.29) is 24.9 Å². The summed E-state index contributed by atoms with van der Waals surface area (Å²) in [7, 11) is 0. The second kappa shape index (κ2) is 9.41. The van der Waals surface area contributed by atoms with Crippen LogP contribution in [0.3, 0.4) is 0 Å². The number of fused-ring (bicyclic) bond motifs is 1. The third kappa shape index (κ3) is 5.38. The van der Waals surface area contributed by atoms with E-state index in [0.717, 1.165) is 0 Å². The lowest BCUT2D eigenvalue weighted by Gasteiger charge is -2.25. The second-order valence-corrected chi connectivity index (χ2v) is 8.08. The number of benzene rings is 2. The van der Waals surface area contributed by atoms with Crippen LogP contribution >= 0.6 is 11.6 Å². The van der Waals surface area contributed by atoms with Gasteiger partial charge in [-0.25, -0.2) is 4.39 Å². The molecule has 0 radical (unpaired) electrons. The number of ether oxygens (including phenoxy) is 2. The van der Waals surface area contributed by atoms with E-state index in [1.165, 1.54) is 16.6 Å². The number of hydrogen-bond acceptors (Lipinski definition) is 6. The fraction of sp³-hybridized carbons (Fsp3) is 0.217. The maximum absolute atomic E-state index is 13.6. The second-order valence-electron chi connectivity index (χ2n) is 7.65. The maximum atomic E-state index is 13.6. The molecule has 0 bridgehead atoms. The van der Waals surface area contributed by atoms with Gasteiger partial charge in [-0.3, -0.25) is 4.79 Å². The summed E-state index contributed by atoms with van der Waals surface area (Å²) in [5, 5.41) is 15.9. The molecule has 4 rings (SSSR count). The van der Waals surface area contributed by atoms with Crippen LogP contribution in [0.15, 0.2) is 60.7 Å². The summed E-state index contributed by atoms with van der Waals surface area (Å²) < 4.78 is 26.5. The zero-order valence-electron chi connectivity index (χ0n) is 18.0. The average molecular weight is 470 g/mol. The van der Waals surface area contributed by atoms with Crippen molar-refractivity contribution in [3.8, 4) is 23.0 Å². The van der Waals surface area contributed by atoms with Crippen LogP contribution in [0.25, 0.3) is 17.0 Å². The SMILES string of the molecule is CC(C)(Oc1ccc(Cl)cc1)C(=O)NCCOc1ccc2nnc(-c3cccc(F)c3)n2n1. The van der Waals surface area contributed by atoms with Gasteiger partial charge in [-0.15, -0.1) is 15.3 Å². The molecule has 33 heavy (non-hydrogen) atoms. The van der Waals surface area contributed by atoms with Crippen LogP contribution < -0.4 is 14.8 Å². The minimum absolute atomic E-state index is 0.179. The first-order valence-corrected chi connectivity index (χ1v) is 10.5. The molecule has 0 aliphatic heterocycles. The lowest BCUT2D eigenvalue weighted by atomic mass is 10.1. The van der Waals surface area contributed by atoms with E-state index in [0.29, 0.717) is 33.7 Å². The van der Waals surface area contributed by atoms with Crippen LogP contribution in [0.1, 0.15) is 13.8 Å². The number of carbonyl (C=O) groups excluding carboxylic acids is 1. The highest BCUT2D eigenvalue weighted by Gasteiger charge is 2.29. The van der Waals surface area contributed by atoms with Crippen LogP contribution in [0, 0.1) is 5.82 Å². The Hall–Kier alpha value is -3.72. The summed E-state index contributed by atoms with van der Waals surface area (Å²) in [5.41, 5.74) is -0.0498. The van der Waals surface area contributed by atoms with Gasteiger partial charge in [-0.1, -0.05) is 23.7 Å². The van der Waals surface area contributed by atoms with Crippen LogP contribution in [-0.4, -0.2) is 44.5 Å². The Labute approximate surface area is 194 Å². The van der Waals surface area contributed by atoms with Crippen molar-refractivity contribution >= 4 is 23.2 Å².